The number of amides is 1. The zero-order chi connectivity index (χ0) is 13.0. The number of carbonyl (C=O) groups is 1. The summed E-state index contributed by atoms with van der Waals surface area (Å²) in [6.07, 6.45) is 0. The molecule has 5 heteroatoms. The number of aryl methyl sites for hydroxylation is 1. The van der Waals surface area contributed by atoms with Crippen LogP contribution in [-0.4, -0.2) is 16.8 Å². The van der Waals surface area contributed by atoms with Gasteiger partial charge in [-0.3, -0.25) is 4.79 Å². The maximum Gasteiger partial charge on any atom is 0.256 e. The average Bonchev–Trinajstić information content (AvgIpc) is 2.76. The first-order valence-corrected chi connectivity index (χ1v) is 6.65. The standard InChI is InChI=1S/C13H14N2O2S/c1-3-18-11-6-4-10(5-7-11)13(16)14-12-8-9(2)17-15-12/h4-8H,3H2,1-2H3,(H,14,15,16). The first-order chi connectivity index (χ1) is 8.69. The van der Waals surface area contributed by atoms with Crippen molar-refractivity contribution >= 4 is 23.5 Å². The number of rotatable bonds is 4. The Balaban J connectivity index is 2.04. The first kappa shape index (κ1) is 12.7. The predicted molar refractivity (Wildman–Crippen MR) is 72.0 cm³/mol. The number of nitrogens with zero attached hydrogens (tertiary/aromatic N) is 1. The molecule has 0 bridgehead atoms. The Hall–Kier alpha value is -1.75. The minimum absolute atomic E-state index is 0.184. The van der Waals surface area contributed by atoms with E-state index in [0.29, 0.717) is 17.1 Å². The fraction of sp³-hybridized carbons (Fsp3) is 0.231. The van der Waals surface area contributed by atoms with Crippen LogP contribution in [0.2, 0.25) is 0 Å². The van der Waals surface area contributed by atoms with Gasteiger partial charge in [0.2, 0.25) is 0 Å². The van der Waals surface area contributed by atoms with Crippen LogP contribution < -0.4 is 5.32 Å². The molecule has 1 aromatic carbocycles. The van der Waals surface area contributed by atoms with E-state index in [-0.39, 0.29) is 5.91 Å². The van der Waals surface area contributed by atoms with E-state index < -0.39 is 0 Å². The van der Waals surface area contributed by atoms with Gasteiger partial charge in [0.15, 0.2) is 5.82 Å². The smallest absolute Gasteiger partial charge is 0.256 e. The minimum atomic E-state index is -0.184. The number of nitrogens with one attached hydrogen (secondary N) is 1. The summed E-state index contributed by atoms with van der Waals surface area (Å²) in [6, 6.07) is 9.17. The summed E-state index contributed by atoms with van der Waals surface area (Å²) >= 11 is 1.74. The van der Waals surface area contributed by atoms with Gasteiger partial charge in [0.25, 0.3) is 5.91 Å². The highest BCUT2D eigenvalue weighted by molar-refractivity contribution is 7.99. The number of hydrogen-bond acceptors (Lipinski definition) is 4. The van der Waals surface area contributed by atoms with Gasteiger partial charge in [-0.05, 0) is 36.9 Å². The molecular weight excluding hydrogens is 248 g/mol. The molecule has 1 heterocycles. The molecule has 4 nitrogen and oxygen atoms in total. The second kappa shape index (κ2) is 5.73. The molecule has 2 rings (SSSR count). The van der Waals surface area contributed by atoms with E-state index in [1.165, 1.54) is 0 Å². The van der Waals surface area contributed by atoms with Gasteiger partial charge < -0.3 is 9.84 Å². The minimum Gasteiger partial charge on any atom is -0.360 e. The molecule has 0 aliphatic heterocycles. The van der Waals surface area contributed by atoms with Crippen molar-refractivity contribution in [2.45, 2.75) is 18.7 Å². The summed E-state index contributed by atoms with van der Waals surface area (Å²) in [5.74, 6) is 1.94. The van der Waals surface area contributed by atoms with Crippen LogP contribution in [0.1, 0.15) is 23.0 Å². The van der Waals surface area contributed by atoms with Crippen molar-refractivity contribution in [3.05, 3.63) is 41.7 Å². The van der Waals surface area contributed by atoms with Crippen molar-refractivity contribution < 1.29 is 9.32 Å². The molecule has 2 aromatic rings. The Morgan fingerprint density at radius 1 is 1.39 bits per heavy atom. The molecule has 0 saturated heterocycles. The van der Waals surface area contributed by atoms with Gasteiger partial charge >= 0.3 is 0 Å². The van der Waals surface area contributed by atoms with E-state index in [1.807, 2.05) is 12.1 Å². The fourth-order valence-corrected chi connectivity index (χ4v) is 2.14. The molecule has 18 heavy (non-hydrogen) atoms. The maximum atomic E-state index is 11.9. The lowest BCUT2D eigenvalue weighted by atomic mass is 10.2. The van der Waals surface area contributed by atoms with E-state index in [1.54, 1.807) is 36.9 Å². The van der Waals surface area contributed by atoms with Crippen LogP contribution >= 0.6 is 11.8 Å². The van der Waals surface area contributed by atoms with Crippen LogP contribution in [0.3, 0.4) is 0 Å². The lowest BCUT2D eigenvalue weighted by Gasteiger charge is -2.02. The predicted octanol–water partition coefficient (Wildman–Crippen LogP) is 3.35. The summed E-state index contributed by atoms with van der Waals surface area (Å²) in [4.78, 5) is 13.1. The average molecular weight is 262 g/mol. The highest BCUT2D eigenvalue weighted by atomic mass is 32.2. The highest BCUT2D eigenvalue weighted by Gasteiger charge is 2.08. The largest absolute Gasteiger partial charge is 0.360 e. The van der Waals surface area contributed by atoms with Crippen molar-refractivity contribution in [2.24, 2.45) is 0 Å². The summed E-state index contributed by atoms with van der Waals surface area (Å²) in [5, 5.41) is 6.40. The zero-order valence-electron chi connectivity index (χ0n) is 10.3. The van der Waals surface area contributed by atoms with Gasteiger partial charge in [-0.1, -0.05) is 12.1 Å². The third-order valence-electron chi connectivity index (χ3n) is 2.30. The number of carbonyl (C=O) groups excluding carboxylic acids is 1. The Morgan fingerprint density at radius 2 is 2.11 bits per heavy atom. The monoisotopic (exact) mass is 262 g/mol. The number of anilines is 1. The van der Waals surface area contributed by atoms with Gasteiger partial charge in [-0.2, -0.15) is 0 Å². The van der Waals surface area contributed by atoms with Crippen molar-refractivity contribution in [1.82, 2.24) is 5.16 Å². The highest BCUT2D eigenvalue weighted by Crippen LogP contribution is 2.18. The van der Waals surface area contributed by atoms with Crippen LogP contribution in [0.25, 0.3) is 0 Å². The summed E-state index contributed by atoms with van der Waals surface area (Å²) in [7, 11) is 0. The van der Waals surface area contributed by atoms with E-state index in [9.17, 15) is 4.79 Å². The Morgan fingerprint density at radius 3 is 2.67 bits per heavy atom. The molecule has 0 aliphatic carbocycles. The van der Waals surface area contributed by atoms with Crippen molar-refractivity contribution in [1.29, 1.82) is 0 Å². The summed E-state index contributed by atoms with van der Waals surface area (Å²) < 4.78 is 4.88. The Kier molecular flexibility index (Phi) is 4.04. The lowest BCUT2D eigenvalue weighted by molar-refractivity contribution is 0.102. The first-order valence-electron chi connectivity index (χ1n) is 5.66. The van der Waals surface area contributed by atoms with Gasteiger partial charge in [0, 0.05) is 16.5 Å². The van der Waals surface area contributed by atoms with Crippen LogP contribution in [0.5, 0.6) is 0 Å². The van der Waals surface area contributed by atoms with Gasteiger partial charge in [-0.15, -0.1) is 11.8 Å². The number of thioether (sulfide) groups is 1. The molecule has 0 aliphatic rings. The van der Waals surface area contributed by atoms with E-state index in [0.717, 1.165) is 10.6 Å². The second-order valence-corrected chi connectivity index (χ2v) is 5.07. The third-order valence-corrected chi connectivity index (χ3v) is 3.19. The van der Waals surface area contributed by atoms with E-state index in [2.05, 4.69) is 17.4 Å². The van der Waals surface area contributed by atoms with Gasteiger partial charge in [0.05, 0.1) is 0 Å². The summed E-state index contributed by atoms with van der Waals surface area (Å²) in [5.41, 5.74) is 0.608. The lowest BCUT2D eigenvalue weighted by Crippen LogP contribution is -2.11. The molecule has 0 radical (unpaired) electrons. The zero-order valence-corrected chi connectivity index (χ0v) is 11.1. The molecule has 0 spiro atoms. The second-order valence-electron chi connectivity index (χ2n) is 3.73. The Labute approximate surface area is 110 Å². The van der Waals surface area contributed by atoms with Crippen molar-refractivity contribution in [3.8, 4) is 0 Å². The fourth-order valence-electron chi connectivity index (χ4n) is 1.48. The van der Waals surface area contributed by atoms with Crippen LogP contribution in [-0.2, 0) is 0 Å². The van der Waals surface area contributed by atoms with Gasteiger partial charge in [0.1, 0.15) is 5.76 Å². The Bertz CT molecular complexity index is 534. The molecule has 94 valence electrons. The molecule has 1 amide bonds. The molecule has 0 unspecified atom stereocenters. The summed E-state index contributed by atoms with van der Waals surface area (Å²) in [6.45, 7) is 3.87. The molecule has 0 fully saturated rings. The van der Waals surface area contributed by atoms with E-state index >= 15 is 0 Å². The van der Waals surface area contributed by atoms with Crippen molar-refractivity contribution in [2.75, 3.05) is 11.1 Å². The number of benzene rings is 1. The van der Waals surface area contributed by atoms with Crippen molar-refractivity contribution in [3.63, 3.8) is 0 Å². The normalized spacial score (nSPS) is 10.3. The SMILES string of the molecule is CCSc1ccc(C(=O)Nc2cc(C)on2)cc1. The topological polar surface area (TPSA) is 55.1 Å². The molecular formula is C13H14N2O2S. The maximum absolute atomic E-state index is 11.9. The van der Waals surface area contributed by atoms with E-state index in [4.69, 9.17) is 4.52 Å². The van der Waals surface area contributed by atoms with Crippen LogP contribution in [0.15, 0.2) is 39.8 Å². The number of aromatic nitrogens is 1. The van der Waals surface area contributed by atoms with Gasteiger partial charge in [-0.25, -0.2) is 0 Å². The molecule has 1 aromatic heterocycles. The molecule has 0 atom stereocenters. The van der Waals surface area contributed by atoms with Crippen LogP contribution in [0.4, 0.5) is 5.82 Å². The quantitative estimate of drug-likeness (QED) is 0.858. The molecule has 0 saturated carbocycles. The van der Waals surface area contributed by atoms with Crippen LogP contribution in [0, 0.1) is 6.92 Å². The molecule has 1 N–H and O–H groups in total. The number of hydrogen-bond donors (Lipinski definition) is 1. The third kappa shape index (κ3) is 3.13.